The Hall–Kier alpha value is -3.27. The van der Waals surface area contributed by atoms with Crippen molar-refractivity contribution in [2.75, 3.05) is 6.61 Å². The topological polar surface area (TPSA) is 66.8 Å². The Morgan fingerprint density at radius 3 is 2.33 bits per heavy atom. The third-order valence-electron chi connectivity index (χ3n) is 4.60. The van der Waals surface area contributed by atoms with Crippen LogP contribution in [-0.4, -0.2) is 22.6 Å². The summed E-state index contributed by atoms with van der Waals surface area (Å²) < 4.78 is 6.00. The van der Waals surface area contributed by atoms with E-state index in [-0.39, 0.29) is 17.3 Å². The van der Waals surface area contributed by atoms with Gasteiger partial charge >= 0.3 is 0 Å². The third kappa shape index (κ3) is 6.11. The van der Waals surface area contributed by atoms with Crippen LogP contribution in [0.1, 0.15) is 54.2 Å². The average molecular weight is 407 g/mol. The lowest BCUT2D eigenvalue weighted by Crippen LogP contribution is -2.03. The summed E-state index contributed by atoms with van der Waals surface area (Å²) in [5, 5.41) is 20.3. The number of rotatable bonds is 10. The van der Waals surface area contributed by atoms with E-state index in [1.54, 1.807) is 18.2 Å². The molecule has 4 heteroatoms. The molecular weight excluding hydrogens is 376 g/mol. The first-order chi connectivity index (χ1) is 14.5. The molecule has 0 spiro atoms. The molecule has 2 aromatic carbocycles. The minimum absolute atomic E-state index is 0.117. The average Bonchev–Trinajstić information content (AvgIpc) is 2.75. The van der Waals surface area contributed by atoms with Gasteiger partial charge in [-0.15, -0.1) is 0 Å². The third-order valence-corrected chi connectivity index (χ3v) is 4.60. The van der Waals surface area contributed by atoms with Crippen molar-refractivity contribution < 1.29 is 19.7 Å². The van der Waals surface area contributed by atoms with Crippen LogP contribution < -0.4 is 4.74 Å². The minimum atomic E-state index is -0.172. The van der Waals surface area contributed by atoms with Crippen LogP contribution in [0.25, 0.3) is 6.08 Å². The van der Waals surface area contributed by atoms with E-state index < -0.39 is 0 Å². The molecule has 0 fully saturated rings. The summed E-state index contributed by atoms with van der Waals surface area (Å²) in [6, 6.07) is 8.02. The normalized spacial score (nSPS) is 11.7. The predicted molar refractivity (Wildman–Crippen MR) is 122 cm³/mol. The Kier molecular flexibility index (Phi) is 8.95. The van der Waals surface area contributed by atoms with Crippen molar-refractivity contribution in [2.24, 2.45) is 0 Å². The van der Waals surface area contributed by atoms with Gasteiger partial charge in [0.2, 0.25) is 0 Å². The van der Waals surface area contributed by atoms with Gasteiger partial charge in [-0.3, -0.25) is 4.79 Å². The van der Waals surface area contributed by atoms with E-state index in [4.69, 9.17) is 4.74 Å². The summed E-state index contributed by atoms with van der Waals surface area (Å²) in [6.45, 7) is 6.41. The Morgan fingerprint density at radius 1 is 1.03 bits per heavy atom. The molecule has 0 radical (unpaired) electrons. The number of aromatic hydroxyl groups is 2. The van der Waals surface area contributed by atoms with Gasteiger partial charge in [0.1, 0.15) is 17.2 Å². The molecule has 0 aliphatic heterocycles. The largest absolute Gasteiger partial charge is 0.508 e. The van der Waals surface area contributed by atoms with Crippen molar-refractivity contribution in [1.29, 1.82) is 0 Å². The van der Waals surface area contributed by atoms with Crippen LogP contribution in [0, 0.1) is 0 Å². The van der Waals surface area contributed by atoms with Gasteiger partial charge in [-0.25, -0.2) is 0 Å². The standard InChI is InChI=1S/C26H30O4/c1-4-7-9-20-18-21(13-16-24(28)19-11-14-22(27)15-12-19)26(30-17-6-3)23(25(20)29)10-8-5-2/h4-5,7-8,11-16,18,27,29H,6,9-10,17H2,1-3H3. The quantitative estimate of drug-likeness (QED) is 0.288. The summed E-state index contributed by atoms with van der Waals surface area (Å²) >= 11 is 0. The van der Waals surface area contributed by atoms with E-state index in [2.05, 4.69) is 0 Å². The smallest absolute Gasteiger partial charge is 0.185 e. The molecule has 2 N–H and O–H groups in total. The first-order valence-corrected chi connectivity index (χ1v) is 10.3. The van der Waals surface area contributed by atoms with E-state index in [0.717, 1.165) is 23.1 Å². The molecule has 0 aliphatic carbocycles. The monoisotopic (exact) mass is 406 g/mol. The van der Waals surface area contributed by atoms with E-state index >= 15 is 0 Å². The van der Waals surface area contributed by atoms with Crippen LogP contribution in [0.4, 0.5) is 0 Å². The molecule has 2 aromatic rings. The summed E-state index contributed by atoms with van der Waals surface area (Å²) in [5.41, 5.74) is 2.75. The molecule has 0 saturated heterocycles. The maximum atomic E-state index is 12.6. The summed E-state index contributed by atoms with van der Waals surface area (Å²) in [6.07, 6.45) is 13.0. The fourth-order valence-electron chi connectivity index (χ4n) is 3.01. The van der Waals surface area contributed by atoms with Crippen molar-refractivity contribution >= 4 is 11.9 Å². The van der Waals surface area contributed by atoms with E-state index in [1.807, 2.05) is 51.1 Å². The summed E-state index contributed by atoms with van der Waals surface area (Å²) in [5.74, 6) is 0.784. The second kappa shape index (κ2) is 11.7. The zero-order valence-corrected chi connectivity index (χ0v) is 17.9. The molecule has 2 rings (SSSR count). The number of allylic oxidation sites excluding steroid dienone is 5. The van der Waals surface area contributed by atoms with Gasteiger partial charge in [-0.1, -0.05) is 31.2 Å². The Bertz CT molecular complexity index is 934. The number of benzene rings is 2. The first kappa shape index (κ1) is 23.0. The van der Waals surface area contributed by atoms with Gasteiger partial charge in [0.25, 0.3) is 0 Å². The van der Waals surface area contributed by atoms with Crippen molar-refractivity contribution in [3.63, 3.8) is 0 Å². The maximum absolute atomic E-state index is 12.6. The van der Waals surface area contributed by atoms with Crippen LogP contribution in [-0.2, 0) is 12.8 Å². The van der Waals surface area contributed by atoms with Crippen LogP contribution in [0.5, 0.6) is 17.2 Å². The maximum Gasteiger partial charge on any atom is 0.185 e. The number of hydrogen-bond donors (Lipinski definition) is 2. The molecule has 0 saturated carbocycles. The number of ether oxygens (including phenoxy) is 1. The fourth-order valence-corrected chi connectivity index (χ4v) is 3.01. The fraction of sp³-hybridized carbons (Fsp3) is 0.269. The van der Waals surface area contributed by atoms with Crippen LogP contribution in [0.15, 0.2) is 60.7 Å². The molecule has 0 amide bonds. The molecule has 0 aromatic heterocycles. The molecule has 30 heavy (non-hydrogen) atoms. The number of ketones is 1. The molecule has 0 atom stereocenters. The Balaban J connectivity index is 2.52. The molecular formula is C26H30O4. The Morgan fingerprint density at radius 2 is 1.70 bits per heavy atom. The van der Waals surface area contributed by atoms with Crippen LogP contribution >= 0.6 is 0 Å². The van der Waals surface area contributed by atoms with Gasteiger partial charge in [0, 0.05) is 16.7 Å². The molecule has 158 valence electrons. The first-order valence-electron chi connectivity index (χ1n) is 10.3. The highest BCUT2D eigenvalue weighted by Crippen LogP contribution is 2.37. The van der Waals surface area contributed by atoms with Gasteiger partial charge in [-0.05, 0) is 81.2 Å². The number of hydrogen-bond acceptors (Lipinski definition) is 4. The highest BCUT2D eigenvalue weighted by Gasteiger charge is 2.17. The second-order valence-corrected chi connectivity index (χ2v) is 6.92. The minimum Gasteiger partial charge on any atom is -0.508 e. The van der Waals surface area contributed by atoms with Crippen molar-refractivity contribution in [1.82, 2.24) is 0 Å². The number of carbonyl (C=O) groups excluding carboxylic acids is 1. The zero-order chi connectivity index (χ0) is 21.9. The summed E-state index contributed by atoms with van der Waals surface area (Å²) in [4.78, 5) is 12.6. The molecule has 0 unspecified atom stereocenters. The zero-order valence-electron chi connectivity index (χ0n) is 17.9. The van der Waals surface area contributed by atoms with E-state index in [1.165, 1.54) is 18.2 Å². The number of phenolic OH excluding ortho intramolecular Hbond substituents is 2. The van der Waals surface area contributed by atoms with Crippen molar-refractivity contribution in [2.45, 2.75) is 40.0 Å². The predicted octanol–water partition coefficient (Wildman–Crippen LogP) is 6.02. The Labute approximate surface area is 178 Å². The van der Waals surface area contributed by atoms with Gasteiger partial charge in [0.05, 0.1) is 6.61 Å². The van der Waals surface area contributed by atoms with Crippen molar-refractivity contribution in [3.05, 3.63) is 83.0 Å². The van der Waals surface area contributed by atoms with Crippen molar-refractivity contribution in [3.8, 4) is 17.2 Å². The highest BCUT2D eigenvalue weighted by molar-refractivity contribution is 6.07. The molecule has 0 aliphatic rings. The molecule has 4 nitrogen and oxygen atoms in total. The lowest BCUT2D eigenvalue weighted by atomic mass is 9.97. The molecule has 0 bridgehead atoms. The molecule has 0 heterocycles. The SMILES string of the molecule is CC=CCc1cc(C=CC(=O)c2ccc(O)cc2)c(OCCC)c(CC=CC)c1O. The lowest BCUT2D eigenvalue weighted by molar-refractivity contribution is 0.104. The summed E-state index contributed by atoms with van der Waals surface area (Å²) in [7, 11) is 0. The van der Waals surface area contributed by atoms with Gasteiger partial charge in [0.15, 0.2) is 5.78 Å². The van der Waals surface area contributed by atoms with Crippen LogP contribution in [0.3, 0.4) is 0 Å². The second-order valence-electron chi connectivity index (χ2n) is 6.92. The highest BCUT2D eigenvalue weighted by atomic mass is 16.5. The van der Waals surface area contributed by atoms with E-state index in [9.17, 15) is 15.0 Å². The van der Waals surface area contributed by atoms with Gasteiger partial charge in [-0.2, -0.15) is 0 Å². The van der Waals surface area contributed by atoms with Gasteiger partial charge < -0.3 is 14.9 Å². The lowest BCUT2D eigenvalue weighted by Gasteiger charge is -2.17. The van der Waals surface area contributed by atoms with E-state index in [0.29, 0.717) is 30.8 Å². The van der Waals surface area contributed by atoms with Crippen LogP contribution in [0.2, 0.25) is 0 Å². The number of carbonyl (C=O) groups is 1. The number of phenols is 2.